The molecule has 0 amide bonds. The van der Waals surface area contributed by atoms with E-state index >= 15 is 0 Å². The van der Waals surface area contributed by atoms with Crippen LogP contribution in [0.25, 0.3) is 11.2 Å². The van der Waals surface area contributed by atoms with Crippen molar-refractivity contribution >= 4 is 28.6 Å². The number of aliphatic hydroxyl groups is 2. The molecule has 0 saturated carbocycles. The Hall–Kier alpha value is -3.90. The van der Waals surface area contributed by atoms with Gasteiger partial charge in [0.2, 0.25) is 17.0 Å². The zero-order chi connectivity index (χ0) is 26.9. The lowest BCUT2D eigenvalue weighted by Crippen LogP contribution is -2.29. The van der Waals surface area contributed by atoms with Crippen LogP contribution in [0.3, 0.4) is 0 Å². The largest absolute Gasteiger partial charge is 0.387 e. The lowest BCUT2D eigenvalue weighted by molar-refractivity contribution is -0.0388. The van der Waals surface area contributed by atoms with E-state index in [9.17, 15) is 10.2 Å². The molecule has 39 heavy (non-hydrogen) atoms. The third-order valence-corrected chi connectivity index (χ3v) is 6.99. The summed E-state index contributed by atoms with van der Waals surface area (Å²) in [6.45, 7) is 2.39. The highest BCUT2D eigenvalue weighted by molar-refractivity contribution is 6.28. The van der Waals surface area contributed by atoms with Crippen LogP contribution in [0.1, 0.15) is 48.0 Å². The molecule has 3 N–H and O–H groups in total. The molecule has 1 aliphatic heterocycles. The summed E-state index contributed by atoms with van der Waals surface area (Å²) in [5, 5.41) is 28.8. The molecule has 1 aliphatic rings. The van der Waals surface area contributed by atoms with Crippen LogP contribution in [0.2, 0.25) is 5.28 Å². The average molecular weight is 548 g/mol. The zero-order valence-corrected chi connectivity index (χ0v) is 21.7. The van der Waals surface area contributed by atoms with Crippen LogP contribution in [-0.2, 0) is 11.2 Å². The van der Waals surface area contributed by atoms with Gasteiger partial charge >= 0.3 is 0 Å². The van der Waals surface area contributed by atoms with Crippen molar-refractivity contribution in [3.63, 3.8) is 0 Å². The van der Waals surface area contributed by atoms with Crippen molar-refractivity contribution in [3.05, 3.63) is 95.1 Å². The third-order valence-electron chi connectivity index (χ3n) is 6.82. The molecule has 5 aromatic rings. The van der Waals surface area contributed by atoms with Gasteiger partial charge in [0.1, 0.15) is 12.2 Å². The quantitative estimate of drug-likeness (QED) is 0.246. The zero-order valence-electron chi connectivity index (χ0n) is 20.9. The van der Waals surface area contributed by atoms with E-state index < -0.39 is 24.5 Å². The minimum atomic E-state index is -1.30. The lowest BCUT2D eigenvalue weighted by Gasteiger charge is -2.19. The number of aryl methyl sites for hydroxylation is 1. The van der Waals surface area contributed by atoms with E-state index in [2.05, 4.69) is 54.7 Å². The van der Waals surface area contributed by atoms with E-state index in [1.807, 2.05) is 43.3 Å². The summed E-state index contributed by atoms with van der Waals surface area (Å²) < 4.78 is 12.7. The maximum atomic E-state index is 10.8. The van der Waals surface area contributed by atoms with E-state index in [1.54, 1.807) is 0 Å². The molecule has 0 bridgehead atoms. The highest BCUT2D eigenvalue weighted by Gasteiger charge is 2.47. The Labute approximate surface area is 228 Å². The Morgan fingerprint density at radius 1 is 0.974 bits per heavy atom. The average Bonchev–Trinajstić information content (AvgIpc) is 3.68. The second-order valence-electron chi connectivity index (χ2n) is 9.25. The van der Waals surface area contributed by atoms with Crippen molar-refractivity contribution < 1.29 is 19.5 Å². The maximum Gasteiger partial charge on any atom is 0.226 e. The Morgan fingerprint density at radius 3 is 2.31 bits per heavy atom. The molecular weight excluding hydrogens is 522 g/mol. The van der Waals surface area contributed by atoms with Crippen LogP contribution in [0.5, 0.6) is 0 Å². The van der Waals surface area contributed by atoms with E-state index in [4.69, 9.17) is 20.9 Å². The van der Waals surface area contributed by atoms with Crippen molar-refractivity contribution in [2.75, 3.05) is 11.9 Å². The second-order valence-corrected chi connectivity index (χ2v) is 9.59. The number of halogens is 1. The number of rotatable bonds is 8. The molecule has 0 radical (unpaired) electrons. The van der Waals surface area contributed by atoms with Crippen LogP contribution >= 0.6 is 11.6 Å². The van der Waals surface area contributed by atoms with Gasteiger partial charge in [0.05, 0.1) is 6.33 Å². The summed E-state index contributed by atoms with van der Waals surface area (Å²) in [5.41, 5.74) is 3.08. The fraction of sp³-hybridized carbons (Fsp3) is 0.296. The van der Waals surface area contributed by atoms with Gasteiger partial charge in [-0.1, -0.05) is 72.7 Å². The molecule has 3 aromatic heterocycles. The van der Waals surface area contributed by atoms with Gasteiger partial charge in [-0.05, 0) is 22.7 Å². The topological polar surface area (TPSA) is 144 Å². The molecule has 0 unspecified atom stereocenters. The number of hydrogen-bond donors (Lipinski definition) is 3. The predicted octanol–water partition coefficient (Wildman–Crippen LogP) is 3.66. The number of benzene rings is 2. The normalized spacial score (nSPS) is 21.2. The molecule has 0 aliphatic carbocycles. The first-order valence-electron chi connectivity index (χ1n) is 12.6. The minimum absolute atomic E-state index is 0.00179. The number of nitrogens with one attached hydrogen (secondary N) is 1. The number of nitrogens with zero attached hydrogens (tertiary/aromatic N) is 6. The van der Waals surface area contributed by atoms with Gasteiger partial charge in [-0.2, -0.15) is 15.0 Å². The summed E-state index contributed by atoms with van der Waals surface area (Å²) in [6.07, 6.45) is -2.58. The maximum absolute atomic E-state index is 10.8. The van der Waals surface area contributed by atoms with E-state index in [0.717, 1.165) is 11.1 Å². The van der Waals surface area contributed by atoms with Crippen LogP contribution < -0.4 is 5.32 Å². The molecule has 11 nitrogen and oxygen atoms in total. The fourth-order valence-electron chi connectivity index (χ4n) is 4.83. The van der Waals surface area contributed by atoms with E-state index in [0.29, 0.717) is 35.8 Å². The number of fused-ring (bicyclic) bond motifs is 1. The number of aromatic nitrogens is 6. The van der Waals surface area contributed by atoms with Crippen LogP contribution in [0.15, 0.2) is 71.5 Å². The van der Waals surface area contributed by atoms with Gasteiger partial charge in [0.25, 0.3) is 0 Å². The van der Waals surface area contributed by atoms with Gasteiger partial charge in [-0.25, -0.2) is 4.98 Å². The predicted molar refractivity (Wildman–Crippen MR) is 142 cm³/mol. The first-order chi connectivity index (χ1) is 19.0. The van der Waals surface area contributed by atoms with Crippen LogP contribution in [0, 0.1) is 0 Å². The summed E-state index contributed by atoms with van der Waals surface area (Å²) in [4.78, 5) is 17.5. The first kappa shape index (κ1) is 25.4. The van der Waals surface area contributed by atoms with Gasteiger partial charge in [-0.3, -0.25) is 4.57 Å². The third kappa shape index (κ3) is 4.85. The SMILES string of the molecule is CCc1nc([C@H]2O[C@@H](n3cnc4c(NCC(c5ccccc5)c5ccccc5)nc(Cl)nc43)[C@H](O)[C@@H]2O)no1. The van der Waals surface area contributed by atoms with Gasteiger partial charge in [-0.15, -0.1) is 0 Å². The lowest BCUT2D eigenvalue weighted by atomic mass is 9.91. The van der Waals surface area contributed by atoms with Gasteiger partial charge in [0.15, 0.2) is 29.3 Å². The summed E-state index contributed by atoms with van der Waals surface area (Å²) >= 11 is 6.33. The van der Waals surface area contributed by atoms with Crippen LogP contribution in [0.4, 0.5) is 5.82 Å². The Bertz CT molecular complexity index is 1520. The number of aliphatic hydroxyl groups excluding tert-OH is 2. The van der Waals surface area contributed by atoms with Gasteiger partial charge in [0, 0.05) is 18.9 Å². The van der Waals surface area contributed by atoms with E-state index in [1.165, 1.54) is 10.9 Å². The minimum Gasteiger partial charge on any atom is -0.387 e. The Balaban J connectivity index is 1.30. The van der Waals surface area contributed by atoms with Crippen molar-refractivity contribution in [3.8, 4) is 0 Å². The molecule has 12 heteroatoms. The van der Waals surface area contributed by atoms with Crippen molar-refractivity contribution in [1.29, 1.82) is 0 Å². The Kier molecular flexibility index (Phi) is 6.96. The summed E-state index contributed by atoms with van der Waals surface area (Å²) in [7, 11) is 0. The molecule has 4 heterocycles. The number of imidazole rings is 1. The van der Waals surface area contributed by atoms with Crippen molar-refractivity contribution in [2.24, 2.45) is 0 Å². The van der Waals surface area contributed by atoms with Gasteiger partial charge < -0.3 is 24.8 Å². The highest BCUT2D eigenvalue weighted by atomic mass is 35.5. The molecule has 0 spiro atoms. The Morgan fingerprint density at radius 2 is 1.67 bits per heavy atom. The van der Waals surface area contributed by atoms with Crippen molar-refractivity contribution in [1.82, 2.24) is 29.7 Å². The number of anilines is 1. The van der Waals surface area contributed by atoms with E-state index in [-0.39, 0.29) is 17.0 Å². The molecule has 2 aromatic carbocycles. The molecular formula is C27H26ClN7O4. The molecule has 1 fully saturated rings. The summed E-state index contributed by atoms with van der Waals surface area (Å²) in [6, 6.07) is 20.4. The number of hydrogen-bond acceptors (Lipinski definition) is 10. The first-order valence-corrected chi connectivity index (χ1v) is 13.0. The standard InChI is InChI=1S/C27H26ClN7O4/c1-2-18-31-24(34-39-18)22-20(36)21(37)26(38-22)35-14-30-19-23(32-27(28)33-25(19)35)29-13-17(15-9-5-3-6-10-15)16-11-7-4-8-12-16/h3-12,14,17,20-22,26,36-37H,2,13H2,1H3,(H,29,32,33)/t20-,21+,22-,26+/m0/s1. The molecule has 4 atom stereocenters. The smallest absolute Gasteiger partial charge is 0.226 e. The molecule has 200 valence electrons. The second kappa shape index (κ2) is 10.7. The van der Waals surface area contributed by atoms with Crippen LogP contribution in [-0.4, -0.2) is 58.6 Å². The number of ether oxygens (including phenoxy) is 1. The van der Waals surface area contributed by atoms with Crippen molar-refractivity contribution in [2.45, 2.75) is 43.8 Å². The molecule has 6 rings (SSSR count). The highest BCUT2D eigenvalue weighted by Crippen LogP contribution is 2.39. The fourth-order valence-corrected chi connectivity index (χ4v) is 4.99. The molecule has 1 saturated heterocycles. The monoisotopic (exact) mass is 547 g/mol. The summed E-state index contributed by atoms with van der Waals surface area (Å²) in [5.74, 6) is 1.05.